The van der Waals surface area contributed by atoms with E-state index in [9.17, 15) is 4.79 Å². The van der Waals surface area contributed by atoms with Crippen molar-refractivity contribution in [1.29, 1.82) is 0 Å². The summed E-state index contributed by atoms with van der Waals surface area (Å²) in [6.07, 6.45) is 1.53. The van der Waals surface area contributed by atoms with Crippen LogP contribution in [-0.2, 0) is 0 Å². The molecule has 0 saturated carbocycles. The summed E-state index contributed by atoms with van der Waals surface area (Å²) < 4.78 is 7.32. The zero-order chi connectivity index (χ0) is 18.4. The number of hydrogen-bond acceptors (Lipinski definition) is 3. The molecule has 0 radical (unpaired) electrons. The molecule has 1 N–H and O–H groups in total. The molecule has 3 rings (SSSR count). The molecular weight excluding hydrogens is 328 g/mol. The van der Waals surface area contributed by atoms with Crippen LogP contribution < -0.4 is 15.4 Å². The fourth-order valence-electron chi connectivity index (χ4n) is 2.38. The molecule has 0 spiro atoms. The van der Waals surface area contributed by atoms with Gasteiger partial charge in [0.25, 0.3) is 0 Å². The Labute approximate surface area is 151 Å². The van der Waals surface area contributed by atoms with E-state index in [1.54, 1.807) is 10.7 Å². The first-order valence-electron chi connectivity index (χ1n) is 8.35. The lowest BCUT2D eigenvalue weighted by Gasteiger charge is -2.11. The van der Waals surface area contributed by atoms with E-state index in [0.717, 1.165) is 11.3 Å². The van der Waals surface area contributed by atoms with Crippen LogP contribution in [0.1, 0.15) is 12.5 Å². The number of aryl methyl sites for hydroxylation is 1. The number of para-hydroxylation sites is 1. The molecule has 3 aromatic rings. The molecule has 6 nitrogen and oxygen atoms in total. The minimum absolute atomic E-state index is 0.422. The normalized spacial score (nSPS) is 11.2. The highest BCUT2D eigenvalue weighted by atomic mass is 16.5. The molecule has 0 saturated heterocycles. The predicted molar refractivity (Wildman–Crippen MR) is 100 cm³/mol. The zero-order valence-electron chi connectivity index (χ0n) is 14.7. The van der Waals surface area contributed by atoms with Gasteiger partial charge in [-0.1, -0.05) is 35.9 Å². The van der Waals surface area contributed by atoms with E-state index in [-0.39, 0.29) is 0 Å². The molecule has 132 valence electrons. The minimum atomic E-state index is -0.462. The molecule has 1 aromatic heterocycles. The Hall–Kier alpha value is -3.41. The third-order valence-corrected chi connectivity index (χ3v) is 3.61. The molecule has 2 amide bonds. The van der Waals surface area contributed by atoms with Gasteiger partial charge in [0.2, 0.25) is 5.88 Å². The van der Waals surface area contributed by atoms with E-state index in [4.69, 9.17) is 4.74 Å². The first kappa shape index (κ1) is 17.4. The van der Waals surface area contributed by atoms with Gasteiger partial charge < -0.3 is 10.1 Å². The highest BCUT2D eigenvalue weighted by molar-refractivity contribution is 5.89. The highest BCUT2D eigenvalue weighted by Gasteiger charge is 2.06. The van der Waals surface area contributed by atoms with Gasteiger partial charge in [-0.05, 0) is 38.1 Å². The molecule has 0 aliphatic rings. The number of ether oxygens (including phenoxy) is 1. The van der Waals surface area contributed by atoms with Crippen LogP contribution in [0.4, 0.5) is 10.5 Å². The van der Waals surface area contributed by atoms with Crippen LogP contribution in [0.15, 0.2) is 71.9 Å². The number of nitrogens with one attached hydrogen (secondary N) is 1. The fourth-order valence-corrected chi connectivity index (χ4v) is 2.38. The molecule has 0 aliphatic heterocycles. The lowest BCUT2D eigenvalue weighted by molar-refractivity contribution is 0.259. The Morgan fingerprint density at radius 3 is 2.58 bits per heavy atom. The Balaban J connectivity index is 1.87. The van der Waals surface area contributed by atoms with Crippen molar-refractivity contribution >= 4 is 11.7 Å². The van der Waals surface area contributed by atoms with Crippen molar-refractivity contribution in [2.75, 3.05) is 11.9 Å². The quantitative estimate of drug-likeness (QED) is 0.781. The van der Waals surface area contributed by atoms with E-state index in [0.29, 0.717) is 23.5 Å². The SMILES string of the molecule is CCOc1c/c(=N\C(=O)Nc2ccc(C)cc2)cnn1-c1ccccc1. The number of carbonyl (C=O) groups excluding carboxylic acids is 1. The summed E-state index contributed by atoms with van der Waals surface area (Å²) in [5, 5.41) is 7.51. The van der Waals surface area contributed by atoms with Crippen LogP contribution in [0.5, 0.6) is 5.88 Å². The number of nitrogens with zero attached hydrogens (tertiary/aromatic N) is 3. The monoisotopic (exact) mass is 348 g/mol. The number of rotatable bonds is 4. The number of carbonyl (C=O) groups is 1. The van der Waals surface area contributed by atoms with Crippen molar-refractivity contribution < 1.29 is 9.53 Å². The topological polar surface area (TPSA) is 68.5 Å². The second kappa shape index (κ2) is 8.11. The lowest BCUT2D eigenvalue weighted by Crippen LogP contribution is -2.17. The van der Waals surface area contributed by atoms with Crippen LogP contribution in [0.3, 0.4) is 0 Å². The summed E-state index contributed by atoms with van der Waals surface area (Å²) in [7, 11) is 0. The van der Waals surface area contributed by atoms with Crippen molar-refractivity contribution in [3.63, 3.8) is 0 Å². The highest BCUT2D eigenvalue weighted by Crippen LogP contribution is 2.14. The van der Waals surface area contributed by atoms with Crippen LogP contribution in [0.25, 0.3) is 5.69 Å². The maximum absolute atomic E-state index is 12.1. The van der Waals surface area contributed by atoms with Gasteiger partial charge in [0.05, 0.1) is 23.8 Å². The van der Waals surface area contributed by atoms with E-state index < -0.39 is 6.03 Å². The number of urea groups is 1. The molecule has 0 aliphatic carbocycles. The zero-order valence-corrected chi connectivity index (χ0v) is 14.7. The van der Waals surface area contributed by atoms with Crippen LogP contribution in [0.2, 0.25) is 0 Å². The number of anilines is 1. The van der Waals surface area contributed by atoms with Crippen molar-refractivity contribution in [1.82, 2.24) is 9.78 Å². The average molecular weight is 348 g/mol. The Morgan fingerprint density at radius 2 is 1.88 bits per heavy atom. The Kier molecular flexibility index (Phi) is 5.43. The van der Waals surface area contributed by atoms with Crippen LogP contribution in [0, 0.1) is 6.92 Å². The molecule has 6 heteroatoms. The van der Waals surface area contributed by atoms with Crippen molar-refractivity contribution in [3.8, 4) is 11.6 Å². The molecular formula is C20H20N4O2. The number of amides is 2. The maximum Gasteiger partial charge on any atom is 0.345 e. The number of hydrogen-bond donors (Lipinski definition) is 1. The summed E-state index contributed by atoms with van der Waals surface area (Å²) in [4.78, 5) is 16.2. The van der Waals surface area contributed by atoms with Gasteiger partial charge in [-0.15, -0.1) is 0 Å². The van der Waals surface area contributed by atoms with Gasteiger partial charge >= 0.3 is 6.03 Å². The van der Waals surface area contributed by atoms with Gasteiger partial charge in [-0.3, -0.25) is 0 Å². The summed E-state index contributed by atoms with van der Waals surface area (Å²) >= 11 is 0. The van der Waals surface area contributed by atoms with E-state index in [1.807, 2.05) is 68.4 Å². The molecule has 0 bridgehead atoms. The van der Waals surface area contributed by atoms with Gasteiger partial charge in [-0.2, -0.15) is 10.1 Å². The van der Waals surface area contributed by atoms with E-state index in [2.05, 4.69) is 15.4 Å². The second-order valence-electron chi connectivity index (χ2n) is 5.64. The van der Waals surface area contributed by atoms with E-state index >= 15 is 0 Å². The van der Waals surface area contributed by atoms with Crippen LogP contribution in [-0.4, -0.2) is 22.4 Å². The summed E-state index contributed by atoms with van der Waals surface area (Å²) in [5.41, 5.74) is 2.68. The van der Waals surface area contributed by atoms with Crippen molar-refractivity contribution in [3.05, 3.63) is 77.8 Å². The molecule has 0 unspecified atom stereocenters. The predicted octanol–water partition coefficient (Wildman–Crippen LogP) is 3.71. The smallest absolute Gasteiger partial charge is 0.345 e. The van der Waals surface area contributed by atoms with E-state index in [1.165, 1.54) is 6.20 Å². The lowest BCUT2D eigenvalue weighted by atomic mass is 10.2. The van der Waals surface area contributed by atoms with Gasteiger partial charge in [-0.25, -0.2) is 9.48 Å². The molecule has 26 heavy (non-hydrogen) atoms. The summed E-state index contributed by atoms with van der Waals surface area (Å²) in [5.74, 6) is 0.517. The molecule has 1 heterocycles. The molecule has 2 aromatic carbocycles. The number of benzene rings is 2. The fraction of sp³-hybridized carbons (Fsp3) is 0.150. The standard InChI is InChI=1S/C20H20N4O2/c1-3-26-19-13-17(14-21-24(19)18-7-5-4-6-8-18)23-20(25)22-16-11-9-15(2)10-12-16/h4-14H,3H2,1-2H3,(H,22,25)/b23-17+. The van der Waals surface area contributed by atoms with Crippen molar-refractivity contribution in [2.24, 2.45) is 4.99 Å². The average Bonchev–Trinajstić information content (AvgIpc) is 2.65. The second-order valence-corrected chi connectivity index (χ2v) is 5.64. The largest absolute Gasteiger partial charge is 0.478 e. The van der Waals surface area contributed by atoms with Crippen molar-refractivity contribution in [2.45, 2.75) is 13.8 Å². The Morgan fingerprint density at radius 1 is 1.15 bits per heavy atom. The first-order chi connectivity index (χ1) is 12.7. The molecule has 0 atom stereocenters. The van der Waals surface area contributed by atoms with Crippen LogP contribution >= 0.6 is 0 Å². The summed E-state index contributed by atoms with van der Waals surface area (Å²) in [6.45, 7) is 4.36. The molecule has 0 fully saturated rings. The first-order valence-corrected chi connectivity index (χ1v) is 8.35. The maximum atomic E-state index is 12.1. The van der Waals surface area contributed by atoms with Gasteiger partial charge in [0.15, 0.2) is 0 Å². The van der Waals surface area contributed by atoms with Gasteiger partial charge in [0.1, 0.15) is 0 Å². The number of aromatic nitrogens is 2. The Bertz CT molecular complexity index is 948. The third kappa shape index (κ3) is 4.36. The summed E-state index contributed by atoms with van der Waals surface area (Å²) in [6, 6.07) is 18.4. The third-order valence-electron chi connectivity index (χ3n) is 3.61. The minimum Gasteiger partial charge on any atom is -0.478 e. The van der Waals surface area contributed by atoms with Gasteiger partial charge in [0, 0.05) is 11.8 Å².